The van der Waals surface area contributed by atoms with Gasteiger partial charge >= 0.3 is 6.18 Å². The average Bonchev–Trinajstić information content (AvgIpc) is 2.26. The summed E-state index contributed by atoms with van der Waals surface area (Å²) in [4.78, 5) is 0. The van der Waals surface area contributed by atoms with Crippen LogP contribution in [0.2, 0.25) is 0 Å². The molecule has 1 unspecified atom stereocenters. The molecule has 0 heterocycles. The molecule has 2 nitrogen and oxygen atoms in total. The number of rotatable bonds is 4. The predicted octanol–water partition coefficient (Wildman–Crippen LogP) is 4.32. The quantitative estimate of drug-likeness (QED) is 0.700. The molecule has 0 radical (unpaired) electrons. The average molecular weight is 256 g/mol. The van der Waals surface area contributed by atoms with Gasteiger partial charge in [-0.2, -0.15) is 13.2 Å². The summed E-state index contributed by atoms with van der Waals surface area (Å²) in [6.45, 7) is 1.90. The number of hydrogen-bond acceptors (Lipinski definition) is 2. The van der Waals surface area contributed by atoms with Crippen molar-refractivity contribution in [2.45, 2.75) is 43.9 Å². The van der Waals surface area contributed by atoms with Crippen LogP contribution in [0.5, 0.6) is 0 Å². The van der Waals surface area contributed by atoms with Gasteiger partial charge in [-0.15, -0.1) is 0 Å². The Labute approximate surface area is 93.3 Å². The molecular formula is C10H16F3O2P. The molecule has 0 saturated heterocycles. The molecule has 16 heavy (non-hydrogen) atoms. The van der Waals surface area contributed by atoms with E-state index in [2.05, 4.69) is 11.1 Å². The smallest absolute Gasteiger partial charge is 0.316 e. The fraction of sp³-hybridized carbons (Fsp3) is 0.800. The van der Waals surface area contributed by atoms with Crippen LogP contribution in [-0.2, 0) is 9.09 Å². The number of hydrogen-bond donors (Lipinski definition) is 0. The molecule has 1 aliphatic carbocycles. The maximum atomic E-state index is 12.1. The third-order valence-corrected chi connectivity index (χ3v) is 5.34. The van der Waals surface area contributed by atoms with Gasteiger partial charge in [0, 0.05) is 5.66 Å². The summed E-state index contributed by atoms with van der Waals surface area (Å²) in [6.07, 6.45) is -0.252. The van der Waals surface area contributed by atoms with Gasteiger partial charge in [0.2, 0.25) is 7.37 Å². The van der Waals surface area contributed by atoms with Crippen LogP contribution in [0.3, 0.4) is 0 Å². The molecule has 0 N–H and O–H groups in total. The summed E-state index contributed by atoms with van der Waals surface area (Å²) in [7, 11) is -3.33. The third kappa shape index (κ3) is 3.95. The van der Waals surface area contributed by atoms with Crippen molar-refractivity contribution in [3.63, 3.8) is 0 Å². The van der Waals surface area contributed by atoms with Crippen LogP contribution >= 0.6 is 7.37 Å². The maximum Gasteiger partial charge on any atom is 0.412 e. The number of alkyl halides is 3. The van der Waals surface area contributed by atoms with Gasteiger partial charge in [-0.05, 0) is 18.7 Å². The largest absolute Gasteiger partial charge is 0.412 e. The topological polar surface area (TPSA) is 26.3 Å². The first kappa shape index (κ1) is 13.8. The molecule has 0 spiro atoms. The van der Waals surface area contributed by atoms with Crippen LogP contribution < -0.4 is 0 Å². The van der Waals surface area contributed by atoms with Crippen molar-refractivity contribution in [1.29, 1.82) is 0 Å². The number of halogens is 3. The van der Waals surface area contributed by atoms with Crippen LogP contribution in [-0.4, -0.2) is 18.4 Å². The summed E-state index contributed by atoms with van der Waals surface area (Å²) in [5, 5.41) is 0. The fourth-order valence-corrected chi connectivity index (χ4v) is 3.97. The van der Waals surface area contributed by atoms with Gasteiger partial charge in [0.05, 0.1) is 0 Å². The highest BCUT2D eigenvalue weighted by atomic mass is 31.2. The van der Waals surface area contributed by atoms with Crippen molar-refractivity contribution in [3.05, 3.63) is 12.4 Å². The second-order valence-corrected chi connectivity index (χ2v) is 6.65. The third-order valence-electron chi connectivity index (χ3n) is 2.77. The first-order chi connectivity index (χ1) is 7.37. The molecule has 1 atom stereocenters. The van der Waals surface area contributed by atoms with Crippen LogP contribution in [0.4, 0.5) is 13.2 Å². The standard InChI is InChI=1S/C10H16F3O2P/c1-2-16(14,15-8-10(11,12)13)9-6-4-3-5-7-9/h2,9H,1,3-8H2. The molecule has 0 aromatic carbocycles. The van der Waals surface area contributed by atoms with E-state index in [1.807, 2.05) is 0 Å². The van der Waals surface area contributed by atoms with E-state index in [0.29, 0.717) is 12.8 Å². The van der Waals surface area contributed by atoms with Crippen LogP contribution in [0, 0.1) is 0 Å². The van der Waals surface area contributed by atoms with E-state index < -0.39 is 20.2 Å². The Bertz CT molecular complexity index is 282. The van der Waals surface area contributed by atoms with E-state index in [-0.39, 0.29) is 5.66 Å². The zero-order valence-corrected chi connectivity index (χ0v) is 9.90. The zero-order valence-electron chi connectivity index (χ0n) is 9.00. The summed E-state index contributed by atoms with van der Waals surface area (Å²) in [6, 6.07) is 0. The molecule has 1 fully saturated rings. The minimum Gasteiger partial charge on any atom is -0.316 e. The van der Waals surface area contributed by atoms with Crippen molar-refractivity contribution in [2.75, 3.05) is 6.61 Å². The molecule has 6 heteroatoms. The Kier molecular flexibility index (Phi) is 4.62. The van der Waals surface area contributed by atoms with E-state index in [4.69, 9.17) is 0 Å². The van der Waals surface area contributed by atoms with Gasteiger partial charge in [0.1, 0.15) is 0 Å². The highest BCUT2D eigenvalue weighted by molar-refractivity contribution is 7.62. The van der Waals surface area contributed by atoms with Gasteiger partial charge in [-0.3, -0.25) is 4.57 Å². The zero-order chi connectivity index (χ0) is 12.2. The minimum absolute atomic E-state index is 0.277. The summed E-state index contributed by atoms with van der Waals surface area (Å²) in [5.74, 6) is 1.08. The van der Waals surface area contributed by atoms with Gasteiger partial charge in [0.25, 0.3) is 0 Å². The van der Waals surface area contributed by atoms with E-state index in [1.54, 1.807) is 0 Å². The molecule has 1 saturated carbocycles. The van der Waals surface area contributed by atoms with E-state index in [0.717, 1.165) is 25.1 Å². The molecule has 94 valence electrons. The molecule has 0 aliphatic heterocycles. The molecule has 0 aromatic rings. The Hall–Kier alpha value is -0.280. The van der Waals surface area contributed by atoms with Crippen molar-refractivity contribution < 1.29 is 22.3 Å². The van der Waals surface area contributed by atoms with E-state index >= 15 is 0 Å². The monoisotopic (exact) mass is 256 g/mol. The second kappa shape index (κ2) is 5.37. The Morgan fingerprint density at radius 3 is 2.31 bits per heavy atom. The molecule has 0 bridgehead atoms. The van der Waals surface area contributed by atoms with E-state index in [1.165, 1.54) is 0 Å². The molecular weight excluding hydrogens is 240 g/mol. The van der Waals surface area contributed by atoms with Gasteiger partial charge < -0.3 is 4.52 Å². The maximum absolute atomic E-state index is 12.1. The van der Waals surface area contributed by atoms with Crippen molar-refractivity contribution in [2.24, 2.45) is 0 Å². The first-order valence-corrected chi connectivity index (χ1v) is 7.08. The predicted molar refractivity (Wildman–Crippen MR) is 56.7 cm³/mol. The highest BCUT2D eigenvalue weighted by Crippen LogP contribution is 2.57. The Balaban J connectivity index is 2.61. The SMILES string of the molecule is C=CP(=O)(OCC(F)(F)F)C1CCCCC1. The van der Waals surface area contributed by atoms with Gasteiger partial charge in [0.15, 0.2) is 6.61 Å². The molecule has 1 rings (SSSR count). The lowest BCUT2D eigenvalue weighted by atomic mass is 10.0. The van der Waals surface area contributed by atoms with Crippen molar-refractivity contribution >= 4 is 7.37 Å². The molecule has 1 aliphatic rings. The normalized spacial score (nSPS) is 22.7. The van der Waals surface area contributed by atoms with Gasteiger partial charge in [-0.1, -0.05) is 25.8 Å². The highest BCUT2D eigenvalue weighted by Gasteiger charge is 2.37. The molecule has 0 amide bonds. The second-order valence-electron chi connectivity index (χ2n) is 4.01. The van der Waals surface area contributed by atoms with Crippen LogP contribution in [0.1, 0.15) is 32.1 Å². The van der Waals surface area contributed by atoms with Crippen molar-refractivity contribution in [3.8, 4) is 0 Å². The Morgan fingerprint density at radius 1 is 1.31 bits per heavy atom. The lowest BCUT2D eigenvalue weighted by Gasteiger charge is -2.28. The van der Waals surface area contributed by atoms with Gasteiger partial charge in [-0.25, -0.2) is 0 Å². The lowest BCUT2D eigenvalue weighted by molar-refractivity contribution is -0.153. The van der Waals surface area contributed by atoms with Crippen LogP contribution in [0.25, 0.3) is 0 Å². The minimum atomic E-state index is -4.44. The molecule has 0 aromatic heterocycles. The summed E-state index contributed by atoms with van der Waals surface area (Å²) in [5.41, 5.74) is -0.277. The first-order valence-electron chi connectivity index (χ1n) is 5.32. The summed E-state index contributed by atoms with van der Waals surface area (Å²) >= 11 is 0. The van der Waals surface area contributed by atoms with Crippen molar-refractivity contribution in [1.82, 2.24) is 0 Å². The lowest BCUT2D eigenvalue weighted by Crippen LogP contribution is -2.20. The fourth-order valence-electron chi connectivity index (χ4n) is 1.92. The summed E-state index contributed by atoms with van der Waals surface area (Å²) < 4.78 is 52.8. The van der Waals surface area contributed by atoms with Crippen LogP contribution in [0.15, 0.2) is 12.4 Å². The Morgan fingerprint density at radius 2 is 1.88 bits per heavy atom. The van der Waals surface area contributed by atoms with E-state index in [9.17, 15) is 17.7 Å².